The zero-order valence-corrected chi connectivity index (χ0v) is 29.1. The van der Waals surface area contributed by atoms with Crippen LogP contribution in [0.4, 0.5) is 0 Å². The first-order valence-electron chi connectivity index (χ1n) is 15.9. The number of unbranched alkanes of at least 4 members (excludes halogenated alkanes) is 3. The van der Waals surface area contributed by atoms with E-state index in [4.69, 9.17) is 8.54 Å². The fraction of sp³-hybridized carbons (Fsp3) is 0.351. The van der Waals surface area contributed by atoms with Crippen LogP contribution >= 0.6 is 0 Å². The van der Waals surface area contributed by atoms with E-state index in [2.05, 4.69) is 155 Å². The van der Waals surface area contributed by atoms with E-state index in [1.165, 1.54) is 52.9 Å². The van der Waals surface area contributed by atoms with Crippen LogP contribution in [0, 0.1) is 0 Å². The molecule has 4 aromatic rings. The van der Waals surface area contributed by atoms with Gasteiger partial charge in [0.05, 0.1) is 0 Å². The van der Waals surface area contributed by atoms with E-state index in [1.54, 1.807) is 0 Å². The van der Waals surface area contributed by atoms with E-state index < -0.39 is 25.0 Å². The van der Waals surface area contributed by atoms with Crippen molar-refractivity contribution in [2.24, 2.45) is 0 Å². The summed E-state index contributed by atoms with van der Waals surface area (Å²) in [6.07, 6.45) is 6.46. The van der Waals surface area contributed by atoms with Gasteiger partial charge in [0.15, 0.2) is 0 Å². The van der Waals surface area contributed by atoms with Gasteiger partial charge in [-0.15, -0.1) is 0 Å². The van der Waals surface area contributed by atoms with Gasteiger partial charge in [-0.2, -0.15) is 0 Å². The van der Waals surface area contributed by atoms with E-state index in [-0.39, 0.29) is 6.10 Å². The molecule has 0 amide bonds. The van der Waals surface area contributed by atoms with Crippen molar-refractivity contribution >= 4 is 45.7 Å². The van der Waals surface area contributed by atoms with Crippen molar-refractivity contribution in [3.05, 3.63) is 121 Å². The highest BCUT2D eigenvalue weighted by atomic mass is 28.4. The van der Waals surface area contributed by atoms with Gasteiger partial charge in [-0.1, -0.05) is 180 Å². The van der Waals surface area contributed by atoms with Crippen molar-refractivity contribution in [2.75, 3.05) is 0 Å². The maximum atomic E-state index is 8.17. The minimum atomic E-state index is -3.11. The predicted octanol–water partition coefficient (Wildman–Crippen LogP) is 7.49. The number of hydrogen-bond acceptors (Lipinski definition) is 2. The monoisotopic (exact) mass is 608 g/mol. The SMILES string of the molecule is CCCCCC[C@@H]([C@@H]1[C@@H](C)O[Si](c2ccccc2)(c2ccccc2)O[Si]1(c1ccccc1)c1ccccc1)[Si](C)(C)C. The lowest BCUT2D eigenvalue weighted by Gasteiger charge is -2.57. The summed E-state index contributed by atoms with van der Waals surface area (Å²) in [4.78, 5) is 0. The second-order valence-corrected chi connectivity index (χ2v) is 25.3. The van der Waals surface area contributed by atoms with Gasteiger partial charge in [-0.25, -0.2) is 0 Å². The van der Waals surface area contributed by atoms with Gasteiger partial charge >= 0.3 is 8.56 Å². The lowest BCUT2D eigenvalue weighted by molar-refractivity contribution is 0.135. The van der Waals surface area contributed by atoms with Gasteiger partial charge in [0.25, 0.3) is 8.32 Å². The van der Waals surface area contributed by atoms with Gasteiger partial charge in [0, 0.05) is 19.7 Å². The standard InChI is InChI=1S/C37H48O2Si3/c1-6-7-8-21-30-36(40(3,4)5)37-31(2)38-42(34-26-17-11-18-27-34,35-28-19-12-20-29-35)39-41(37,32-22-13-9-14-23-32)33-24-15-10-16-25-33/h9-20,22-29,31,36-37H,6-8,21,30H2,1-5H3/t31-,36+,37+/m1/s1. The van der Waals surface area contributed by atoms with Crippen molar-refractivity contribution in [1.29, 1.82) is 0 Å². The van der Waals surface area contributed by atoms with Crippen molar-refractivity contribution < 1.29 is 8.54 Å². The van der Waals surface area contributed by atoms with Crippen molar-refractivity contribution in [1.82, 2.24) is 0 Å². The second-order valence-electron chi connectivity index (χ2n) is 13.1. The molecule has 1 heterocycles. The number of hydrogen-bond donors (Lipinski definition) is 0. The van der Waals surface area contributed by atoms with Crippen molar-refractivity contribution in [2.45, 2.75) is 82.8 Å². The van der Waals surface area contributed by atoms with E-state index in [0.29, 0.717) is 11.1 Å². The van der Waals surface area contributed by atoms with Crippen LogP contribution in [0.3, 0.4) is 0 Å². The molecule has 1 fully saturated rings. The summed E-state index contributed by atoms with van der Waals surface area (Å²) in [7, 11) is -7.66. The average Bonchev–Trinajstić information content (AvgIpc) is 3.02. The van der Waals surface area contributed by atoms with E-state index in [1.807, 2.05) is 0 Å². The second kappa shape index (κ2) is 13.4. The molecule has 0 unspecified atom stereocenters. The molecule has 3 atom stereocenters. The molecule has 42 heavy (non-hydrogen) atoms. The Morgan fingerprint density at radius 1 is 0.619 bits per heavy atom. The molecule has 0 saturated carbocycles. The van der Waals surface area contributed by atoms with E-state index in [0.717, 1.165) is 0 Å². The third-order valence-electron chi connectivity index (χ3n) is 9.26. The fourth-order valence-electron chi connectivity index (χ4n) is 7.31. The molecule has 2 nitrogen and oxygen atoms in total. The lowest BCUT2D eigenvalue weighted by atomic mass is 10.1. The summed E-state index contributed by atoms with van der Waals surface area (Å²) in [5.41, 5.74) is 0.888. The Morgan fingerprint density at radius 3 is 1.45 bits per heavy atom. The molecule has 0 N–H and O–H groups in total. The third kappa shape index (κ3) is 6.08. The Hall–Kier alpha value is -2.55. The van der Waals surface area contributed by atoms with Crippen LogP contribution in [0.2, 0.25) is 30.7 Å². The molecule has 1 aliphatic heterocycles. The molecular weight excluding hydrogens is 561 g/mol. The molecular formula is C37H48O2Si3. The zero-order valence-electron chi connectivity index (χ0n) is 26.1. The summed E-state index contributed by atoms with van der Waals surface area (Å²) in [5.74, 6) is 0. The summed E-state index contributed by atoms with van der Waals surface area (Å²) in [6.45, 7) is 12.4. The Morgan fingerprint density at radius 2 is 1.05 bits per heavy atom. The normalized spacial score (nSPS) is 20.6. The minimum absolute atomic E-state index is 0.0563. The summed E-state index contributed by atoms with van der Waals surface area (Å²) in [6, 6.07) is 44.3. The number of benzene rings is 4. The average molecular weight is 609 g/mol. The summed E-state index contributed by atoms with van der Waals surface area (Å²) in [5, 5.41) is 5.13. The fourth-order valence-corrected chi connectivity index (χ4v) is 23.0. The maximum absolute atomic E-state index is 8.17. The van der Waals surface area contributed by atoms with Gasteiger partial charge in [0.2, 0.25) is 0 Å². The van der Waals surface area contributed by atoms with Crippen molar-refractivity contribution in [3.63, 3.8) is 0 Å². The summed E-state index contributed by atoms with van der Waals surface area (Å²) >= 11 is 0. The van der Waals surface area contributed by atoms with Crippen LogP contribution in [0.1, 0.15) is 46.0 Å². The highest BCUT2D eigenvalue weighted by molar-refractivity contribution is 7.09. The zero-order chi connectivity index (χ0) is 29.6. The Kier molecular flexibility index (Phi) is 9.85. The molecule has 5 heteroatoms. The van der Waals surface area contributed by atoms with Crippen LogP contribution < -0.4 is 20.7 Å². The molecule has 0 radical (unpaired) electrons. The van der Waals surface area contributed by atoms with Crippen LogP contribution in [-0.4, -0.2) is 31.1 Å². The first kappa shape index (κ1) is 30.9. The third-order valence-corrected chi connectivity index (χ3v) is 22.0. The molecule has 0 spiro atoms. The highest BCUT2D eigenvalue weighted by Gasteiger charge is 2.64. The Bertz CT molecular complexity index is 1300. The first-order valence-corrected chi connectivity index (χ1v) is 23.3. The van der Waals surface area contributed by atoms with Gasteiger partial charge in [0.1, 0.15) is 0 Å². The maximum Gasteiger partial charge on any atom is 0.397 e. The van der Waals surface area contributed by atoms with Gasteiger partial charge in [-0.3, -0.25) is 0 Å². The summed E-state index contributed by atoms with van der Waals surface area (Å²) < 4.78 is 15.7. The molecule has 1 aliphatic rings. The molecule has 5 rings (SSSR count). The molecule has 0 aromatic heterocycles. The van der Waals surface area contributed by atoms with Gasteiger partial charge in [-0.05, 0) is 33.2 Å². The predicted molar refractivity (Wildman–Crippen MR) is 187 cm³/mol. The first-order chi connectivity index (χ1) is 20.3. The molecule has 0 aliphatic carbocycles. The van der Waals surface area contributed by atoms with Gasteiger partial charge < -0.3 is 8.54 Å². The molecule has 220 valence electrons. The Balaban J connectivity index is 1.81. The Labute approximate surface area is 257 Å². The van der Waals surface area contributed by atoms with E-state index >= 15 is 0 Å². The van der Waals surface area contributed by atoms with Crippen LogP contribution in [0.25, 0.3) is 0 Å². The van der Waals surface area contributed by atoms with E-state index in [9.17, 15) is 0 Å². The van der Waals surface area contributed by atoms with Crippen LogP contribution in [0.5, 0.6) is 0 Å². The lowest BCUT2D eigenvalue weighted by Crippen LogP contribution is -2.81. The molecule has 0 bridgehead atoms. The quantitative estimate of drug-likeness (QED) is 0.130. The van der Waals surface area contributed by atoms with Crippen molar-refractivity contribution in [3.8, 4) is 0 Å². The topological polar surface area (TPSA) is 18.5 Å². The van der Waals surface area contributed by atoms with Crippen LogP contribution in [-0.2, 0) is 8.54 Å². The minimum Gasteiger partial charge on any atom is -0.421 e. The number of rotatable bonds is 11. The highest BCUT2D eigenvalue weighted by Crippen LogP contribution is 2.51. The van der Waals surface area contributed by atoms with Crippen LogP contribution in [0.15, 0.2) is 121 Å². The molecule has 4 aromatic carbocycles. The molecule has 1 saturated heterocycles. The largest absolute Gasteiger partial charge is 0.421 e. The smallest absolute Gasteiger partial charge is 0.397 e.